The van der Waals surface area contributed by atoms with Gasteiger partial charge in [0.2, 0.25) is 0 Å². The molecule has 1 aliphatic heterocycles. The van der Waals surface area contributed by atoms with Crippen LogP contribution in [0, 0.1) is 17.5 Å². The van der Waals surface area contributed by atoms with Crippen LogP contribution in [0.3, 0.4) is 0 Å². The van der Waals surface area contributed by atoms with Gasteiger partial charge in [-0.2, -0.15) is 0 Å². The van der Waals surface area contributed by atoms with Crippen LogP contribution in [0.5, 0.6) is 0 Å². The van der Waals surface area contributed by atoms with E-state index in [1.54, 1.807) is 6.92 Å². The maximum Gasteiger partial charge on any atom is 0.167 e. The van der Waals surface area contributed by atoms with E-state index in [4.69, 9.17) is 0 Å². The highest BCUT2D eigenvalue weighted by Crippen LogP contribution is 2.42. The zero-order chi connectivity index (χ0) is 22.0. The predicted octanol–water partition coefficient (Wildman–Crippen LogP) is 2.73. The molecule has 0 radical (unpaired) electrons. The van der Waals surface area contributed by atoms with Gasteiger partial charge >= 0.3 is 0 Å². The summed E-state index contributed by atoms with van der Waals surface area (Å²) in [5.41, 5.74) is 0.983. The number of hydrogen-bond donors (Lipinski definition) is 2. The average molecular weight is 510 g/mol. The molecule has 0 bridgehead atoms. The van der Waals surface area contributed by atoms with Crippen molar-refractivity contribution in [1.29, 1.82) is 0 Å². The topological polar surface area (TPSA) is 99.4 Å². The van der Waals surface area contributed by atoms with Gasteiger partial charge in [0.05, 0.1) is 24.6 Å². The first kappa shape index (κ1) is 23.7. The largest absolute Gasteiger partial charge is 0.383 e. The molecule has 32 heavy (non-hydrogen) atoms. The van der Waals surface area contributed by atoms with E-state index in [0.717, 1.165) is 30.9 Å². The van der Waals surface area contributed by atoms with Gasteiger partial charge in [0.15, 0.2) is 11.6 Å². The number of hydrazine groups is 1. The Labute approximate surface area is 192 Å². The van der Waals surface area contributed by atoms with Crippen molar-refractivity contribution in [2.45, 2.75) is 18.4 Å². The molecule has 0 saturated carbocycles. The third-order valence-electron chi connectivity index (χ3n) is 5.19. The van der Waals surface area contributed by atoms with E-state index in [-0.39, 0.29) is 46.0 Å². The van der Waals surface area contributed by atoms with E-state index in [1.165, 1.54) is 23.7 Å². The van der Waals surface area contributed by atoms with E-state index < -0.39 is 29.0 Å². The smallest absolute Gasteiger partial charge is 0.167 e. The van der Waals surface area contributed by atoms with Crippen molar-refractivity contribution in [3.63, 3.8) is 0 Å². The fourth-order valence-corrected chi connectivity index (χ4v) is 3.59. The summed E-state index contributed by atoms with van der Waals surface area (Å²) >= 11 is 0. The zero-order valence-corrected chi connectivity index (χ0v) is 18.5. The minimum Gasteiger partial charge on any atom is -0.383 e. The van der Waals surface area contributed by atoms with Gasteiger partial charge in [-0.25, -0.2) is 38.5 Å². The molecule has 168 valence electrons. The maximum absolute atomic E-state index is 14.5. The molecule has 2 N–H and O–H groups in total. The summed E-state index contributed by atoms with van der Waals surface area (Å²) in [7, 11) is 0. The molecule has 4 rings (SSSR count). The third-order valence-corrected chi connectivity index (χ3v) is 5.19. The van der Waals surface area contributed by atoms with Crippen molar-refractivity contribution in [3.05, 3.63) is 72.0 Å². The molecular formula is C20H19BrF3N7O. The molecule has 1 aromatic carbocycles. The van der Waals surface area contributed by atoms with Crippen LogP contribution in [0.1, 0.15) is 24.1 Å². The van der Waals surface area contributed by atoms with Gasteiger partial charge in [0.1, 0.15) is 42.8 Å². The van der Waals surface area contributed by atoms with Crippen molar-refractivity contribution in [1.82, 2.24) is 30.4 Å². The first-order chi connectivity index (χ1) is 14.9. The van der Waals surface area contributed by atoms with Crippen LogP contribution in [-0.2, 0) is 5.60 Å². The molecule has 1 aliphatic rings. The fourth-order valence-electron chi connectivity index (χ4n) is 3.59. The Morgan fingerprint density at radius 2 is 1.84 bits per heavy atom. The number of aliphatic imine (C=N–C) groups is 1. The lowest BCUT2D eigenvalue weighted by Gasteiger charge is -2.38. The van der Waals surface area contributed by atoms with Gasteiger partial charge in [-0.05, 0) is 17.7 Å². The Morgan fingerprint density at radius 3 is 2.50 bits per heavy atom. The highest BCUT2D eigenvalue weighted by Gasteiger charge is 2.43. The predicted molar refractivity (Wildman–Crippen MR) is 115 cm³/mol. The number of aliphatic hydroxyl groups is 1. The number of hydrogen-bond acceptors (Lipinski definition) is 8. The molecule has 0 unspecified atom stereocenters. The van der Waals surface area contributed by atoms with Gasteiger partial charge in [-0.1, -0.05) is 13.0 Å². The van der Waals surface area contributed by atoms with Crippen molar-refractivity contribution < 1.29 is 18.3 Å². The van der Waals surface area contributed by atoms with Crippen molar-refractivity contribution in [2.24, 2.45) is 4.99 Å². The number of benzene rings is 1. The summed E-state index contributed by atoms with van der Waals surface area (Å²) in [5, 5.41) is 13.5. The van der Waals surface area contributed by atoms with Crippen molar-refractivity contribution >= 4 is 23.3 Å². The molecule has 2 aromatic heterocycles. The number of aromatic nitrogens is 4. The Hall–Kier alpha value is -2.96. The lowest BCUT2D eigenvalue weighted by atomic mass is 9.77. The highest BCUT2D eigenvalue weighted by molar-refractivity contribution is 8.93. The zero-order valence-electron chi connectivity index (χ0n) is 16.8. The Balaban J connectivity index is 0.00000289. The second-order valence-corrected chi connectivity index (χ2v) is 7.05. The lowest BCUT2D eigenvalue weighted by Crippen LogP contribution is -2.47. The first-order valence-electron chi connectivity index (χ1n) is 9.34. The van der Waals surface area contributed by atoms with E-state index in [9.17, 15) is 18.3 Å². The lowest BCUT2D eigenvalue weighted by molar-refractivity contribution is -0.0135. The second kappa shape index (κ2) is 9.67. The molecule has 0 saturated heterocycles. The summed E-state index contributed by atoms with van der Waals surface area (Å²) in [6.45, 7) is 1.75. The van der Waals surface area contributed by atoms with Crippen molar-refractivity contribution in [2.75, 3.05) is 13.2 Å². The number of halogens is 4. The monoisotopic (exact) mass is 509 g/mol. The van der Waals surface area contributed by atoms with E-state index >= 15 is 0 Å². The number of nitrogens with one attached hydrogen (secondary N) is 1. The Bertz CT molecular complexity index is 1140. The van der Waals surface area contributed by atoms with E-state index in [1.807, 2.05) is 0 Å². The molecule has 3 aromatic rings. The Kier molecular flexibility index (Phi) is 7.16. The minimum atomic E-state index is -1.86. The van der Waals surface area contributed by atoms with Crippen LogP contribution in [0.25, 0.3) is 11.3 Å². The number of β-amino-alcohol motifs (C(OH)–C–C–N with tert-alkyl or cyclic N) is 1. The van der Waals surface area contributed by atoms with Crippen LogP contribution in [0.15, 0.2) is 48.2 Å². The summed E-state index contributed by atoms with van der Waals surface area (Å²) in [6.07, 6.45) is 5.69. The fraction of sp³-hybridized carbons (Fsp3) is 0.250. The first-order valence-corrected chi connectivity index (χ1v) is 9.34. The quantitative estimate of drug-likeness (QED) is 0.526. The van der Waals surface area contributed by atoms with E-state index in [0.29, 0.717) is 6.67 Å². The van der Waals surface area contributed by atoms with Crippen LogP contribution < -0.4 is 5.43 Å². The summed E-state index contributed by atoms with van der Waals surface area (Å²) < 4.78 is 43.2. The molecular weight excluding hydrogens is 491 g/mol. The van der Waals surface area contributed by atoms with Crippen molar-refractivity contribution in [3.8, 4) is 11.3 Å². The third kappa shape index (κ3) is 4.47. The van der Waals surface area contributed by atoms with Crippen LogP contribution in [-0.4, -0.2) is 49.6 Å². The van der Waals surface area contributed by atoms with Gasteiger partial charge in [-0.3, -0.25) is 10.0 Å². The summed E-state index contributed by atoms with van der Waals surface area (Å²) in [4.78, 5) is 19.2. The number of rotatable bonds is 6. The molecule has 0 amide bonds. The van der Waals surface area contributed by atoms with Crippen LogP contribution in [0.4, 0.5) is 13.2 Å². The van der Waals surface area contributed by atoms with Gasteiger partial charge in [-0.15, -0.1) is 17.0 Å². The van der Waals surface area contributed by atoms with Crippen LogP contribution in [0.2, 0.25) is 0 Å². The van der Waals surface area contributed by atoms with Gasteiger partial charge < -0.3 is 5.11 Å². The van der Waals surface area contributed by atoms with Crippen LogP contribution >= 0.6 is 17.0 Å². The SMILES string of the molecule is Br.C[C@@H](c1ncncc1F)[C@](O)(CN1C=NCN1)c1ccc(F)cc1-c1ncncc1F. The Morgan fingerprint density at radius 1 is 1.12 bits per heavy atom. The molecule has 2 atom stereocenters. The molecule has 0 spiro atoms. The highest BCUT2D eigenvalue weighted by atomic mass is 79.9. The van der Waals surface area contributed by atoms with Gasteiger partial charge in [0, 0.05) is 11.5 Å². The molecule has 8 nitrogen and oxygen atoms in total. The number of nitrogens with zero attached hydrogens (tertiary/aromatic N) is 6. The average Bonchev–Trinajstić information content (AvgIpc) is 3.26. The molecule has 0 aliphatic carbocycles. The normalized spacial score (nSPS) is 15.8. The maximum atomic E-state index is 14.5. The molecule has 3 heterocycles. The molecule has 12 heteroatoms. The van der Waals surface area contributed by atoms with Gasteiger partial charge in [0.25, 0.3) is 0 Å². The molecule has 0 fully saturated rings. The minimum absolute atomic E-state index is 0. The standard InChI is InChI=1S/C20H18F3N7O.BrH/c1-12(18-16(22)5-24-8-27-18)20(31,7-30-11-26-10-29-30)15-3-2-13(21)4-14(15)19-17(23)6-25-9-28-19;/h2-6,8-9,11-12,29,31H,7,10H2,1H3;1H/t12-,20+;/m0./s1. The second-order valence-electron chi connectivity index (χ2n) is 7.05. The van der Waals surface area contributed by atoms with E-state index in [2.05, 4.69) is 30.4 Å². The summed E-state index contributed by atoms with van der Waals surface area (Å²) in [5.74, 6) is -3.10. The summed E-state index contributed by atoms with van der Waals surface area (Å²) in [6, 6.07) is 3.53.